The van der Waals surface area contributed by atoms with Crippen molar-refractivity contribution in [2.24, 2.45) is 0 Å². The van der Waals surface area contributed by atoms with Crippen molar-refractivity contribution in [2.45, 2.75) is 25.5 Å². The largest absolute Gasteiger partial charge is 0.480 e. The molecule has 1 aromatic heterocycles. The number of hydrogen-bond donors (Lipinski definition) is 1. The molecule has 0 fully saturated rings. The lowest BCUT2D eigenvalue weighted by atomic mass is 10.2. The Morgan fingerprint density at radius 2 is 1.76 bits per heavy atom. The molecule has 1 heterocycles. The van der Waals surface area contributed by atoms with E-state index in [4.69, 9.17) is 16.7 Å². The Labute approximate surface area is 155 Å². The highest BCUT2D eigenvalue weighted by Crippen LogP contribution is 2.16. The second-order valence-corrected chi connectivity index (χ2v) is 6.87. The van der Waals surface area contributed by atoms with Crippen molar-refractivity contribution in [3.05, 3.63) is 52.3 Å². The fraction of sp³-hybridized carbons (Fsp3) is 0.294. The van der Waals surface area contributed by atoms with Gasteiger partial charge in [0.2, 0.25) is 5.91 Å². The fourth-order valence-electron chi connectivity index (χ4n) is 2.18. The molecule has 0 unspecified atom stereocenters. The Balaban J connectivity index is 2.04. The van der Waals surface area contributed by atoms with Crippen LogP contribution >= 0.6 is 23.4 Å². The zero-order valence-electron chi connectivity index (χ0n) is 13.9. The van der Waals surface area contributed by atoms with Crippen LogP contribution in [0.5, 0.6) is 0 Å². The van der Waals surface area contributed by atoms with Crippen LogP contribution in [0.3, 0.4) is 0 Å². The molecule has 2 rings (SSSR count). The highest BCUT2D eigenvalue weighted by atomic mass is 35.5. The van der Waals surface area contributed by atoms with E-state index in [-0.39, 0.29) is 24.7 Å². The maximum atomic E-state index is 12.5. The van der Waals surface area contributed by atoms with Gasteiger partial charge >= 0.3 is 5.97 Å². The average molecular weight is 380 g/mol. The predicted molar refractivity (Wildman–Crippen MR) is 96.7 cm³/mol. The van der Waals surface area contributed by atoms with E-state index in [0.717, 1.165) is 17.0 Å². The predicted octanol–water partition coefficient (Wildman–Crippen LogP) is 2.95. The average Bonchev–Trinajstić information content (AvgIpc) is 2.53. The van der Waals surface area contributed by atoms with Gasteiger partial charge in [-0.25, -0.2) is 9.97 Å². The minimum absolute atomic E-state index is 0.0732. The first-order valence-corrected chi connectivity index (χ1v) is 8.89. The van der Waals surface area contributed by atoms with Crippen LogP contribution in [-0.2, 0) is 16.1 Å². The standard InChI is InChI=1S/C17H18ClN3O3S/c1-11-7-12(2)20-17(19-11)25-10-15(22)21(9-16(23)24)8-13-3-5-14(18)6-4-13/h3-7H,8-10H2,1-2H3,(H,23,24). The first kappa shape index (κ1) is 19.2. The van der Waals surface area contributed by atoms with Gasteiger partial charge in [-0.1, -0.05) is 35.5 Å². The minimum Gasteiger partial charge on any atom is -0.480 e. The number of aliphatic carboxylic acids is 1. The number of nitrogens with zero attached hydrogens (tertiary/aromatic N) is 3. The lowest BCUT2D eigenvalue weighted by Gasteiger charge is -2.20. The second-order valence-electron chi connectivity index (χ2n) is 5.49. The summed E-state index contributed by atoms with van der Waals surface area (Å²) in [5.41, 5.74) is 2.46. The van der Waals surface area contributed by atoms with Gasteiger partial charge in [0, 0.05) is 23.0 Å². The monoisotopic (exact) mass is 379 g/mol. The molecule has 0 aliphatic carbocycles. The van der Waals surface area contributed by atoms with Crippen molar-refractivity contribution in [3.63, 3.8) is 0 Å². The maximum Gasteiger partial charge on any atom is 0.323 e. The summed E-state index contributed by atoms with van der Waals surface area (Å²) in [6.45, 7) is 3.56. The van der Waals surface area contributed by atoms with Crippen molar-refractivity contribution in [2.75, 3.05) is 12.3 Å². The van der Waals surface area contributed by atoms with E-state index >= 15 is 0 Å². The smallest absolute Gasteiger partial charge is 0.323 e. The normalized spacial score (nSPS) is 10.5. The van der Waals surface area contributed by atoms with Gasteiger partial charge in [0.05, 0.1) is 5.75 Å². The van der Waals surface area contributed by atoms with Crippen molar-refractivity contribution >= 4 is 35.2 Å². The van der Waals surface area contributed by atoms with Crippen LogP contribution in [0.25, 0.3) is 0 Å². The quantitative estimate of drug-likeness (QED) is 0.588. The molecule has 0 atom stereocenters. The van der Waals surface area contributed by atoms with Crippen LogP contribution in [0, 0.1) is 13.8 Å². The summed E-state index contributed by atoms with van der Waals surface area (Å²) in [5, 5.41) is 10.2. The third-order valence-corrected chi connectivity index (χ3v) is 4.34. The molecule has 0 spiro atoms. The zero-order valence-corrected chi connectivity index (χ0v) is 15.5. The highest BCUT2D eigenvalue weighted by molar-refractivity contribution is 7.99. The number of carboxylic acid groups (broad SMARTS) is 1. The van der Waals surface area contributed by atoms with Crippen molar-refractivity contribution < 1.29 is 14.7 Å². The molecule has 0 radical (unpaired) electrons. The van der Waals surface area contributed by atoms with Crippen molar-refractivity contribution in [1.82, 2.24) is 14.9 Å². The molecule has 0 aliphatic rings. The van der Waals surface area contributed by atoms with Crippen LogP contribution < -0.4 is 0 Å². The van der Waals surface area contributed by atoms with E-state index in [1.54, 1.807) is 24.3 Å². The van der Waals surface area contributed by atoms with Gasteiger partial charge in [-0.15, -0.1) is 0 Å². The summed E-state index contributed by atoms with van der Waals surface area (Å²) in [5.74, 6) is -1.27. The number of amides is 1. The number of halogens is 1. The number of hydrogen-bond acceptors (Lipinski definition) is 5. The van der Waals surface area contributed by atoms with Crippen molar-refractivity contribution in [3.8, 4) is 0 Å². The number of carbonyl (C=O) groups is 2. The van der Waals surface area contributed by atoms with E-state index < -0.39 is 5.97 Å². The summed E-state index contributed by atoms with van der Waals surface area (Å²) in [4.78, 5) is 33.4. The summed E-state index contributed by atoms with van der Waals surface area (Å²) in [6.07, 6.45) is 0. The topological polar surface area (TPSA) is 83.4 Å². The van der Waals surface area contributed by atoms with Crippen molar-refractivity contribution in [1.29, 1.82) is 0 Å². The molecule has 1 amide bonds. The minimum atomic E-state index is -1.06. The Morgan fingerprint density at radius 1 is 1.16 bits per heavy atom. The molecule has 0 aliphatic heterocycles. The summed E-state index contributed by atoms with van der Waals surface area (Å²) >= 11 is 7.04. The lowest BCUT2D eigenvalue weighted by Crippen LogP contribution is -2.36. The van der Waals surface area contributed by atoms with Gasteiger partial charge in [0.15, 0.2) is 5.16 Å². The van der Waals surface area contributed by atoms with E-state index in [1.807, 2.05) is 19.9 Å². The van der Waals surface area contributed by atoms with E-state index in [9.17, 15) is 9.59 Å². The van der Waals surface area contributed by atoms with Crippen LogP contribution in [0.15, 0.2) is 35.5 Å². The summed E-state index contributed by atoms with van der Waals surface area (Å²) < 4.78 is 0. The van der Waals surface area contributed by atoms with Gasteiger partial charge < -0.3 is 10.0 Å². The SMILES string of the molecule is Cc1cc(C)nc(SCC(=O)N(CC(=O)O)Cc2ccc(Cl)cc2)n1. The Bertz CT molecular complexity index is 748. The molecule has 1 aromatic carbocycles. The molecule has 0 bridgehead atoms. The fourth-order valence-corrected chi connectivity index (χ4v) is 3.16. The first-order chi connectivity index (χ1) is 11.8. The number of benzene rings is 1. The lowest BCUT2D eigenvalue weighted by molar-refractivity contribution is -0.143. The number of aryl methyl sites for hydroxylation is 2. The van der Waals surface area contributed by atoms with Crippen LogP contribution in [0.2, 0.25) is 5.02 Å². The molecule has 1 N–H and O–H groups in total. The Kier molecular flexibility index (Phi) is 6.78. The van der Waals surface area contributed by atoms with E-state index in [0.29, 0.717) is 10.2 Å². The molecule has 132 valence electrons. The third-order valence-electron chi connectivity index (χ3n) is 3.25. The van der Waals surface area contributed by atoms with E-state index in [2.05, 4.69) is 9.97 Å². The molecular weight excluding hydrogens is 362 g/mol. The summed E-state index contributed by atoms with van der Waals surface area (Å²) in [6, 6.07) is 8.80. The highest BCUT2D eigenvalue weighted by Gasteiger charge is 2.18. The maximum absolute atomic E-state index is 12.5. The Morgan fingerprint density at radius 3 is 2.32 bits per heavy atom. The van der Waals surface area contributed by atoms with Gasteiger partial charge in [-0.2, -0.15) is 0 Å². The third kappa shape index (κ3) is 6.36. The molecule has 0 saturated heterocycles. The number of carbonyl (C=O) groups excluding carboxylic acids is 1. The number of carboxylic acids is 1. The molecule has 0 saturated carbocycles. The number of thioether (sulfide) groups is 1. The molecular formula is C17H18ClN3O3S. The molecule has 8 heteroatoms. The first-order valence-electron chi connectivity index (χ1n) is 7.52. The summed E-state index contributed by atoms with van der Waals surface area (Å²) in [7, 11) is 0. The van der Waals surface area contributed by atoms with Crippen LogP contribution in [0.1, 0.15) is 17.0 Å². The van der Waals surface area contributed by atoms with Gasteiger partial charge in [0.1, 0.15) is 6.54 Å². The second kappa shape index (κ2) is 8.82. The van der Waals surface area contributed by atoms with Crippen LogP contribution in [-0.4, -0.2) is 44.1 Å². The zero-order chi connectivity index (χ0) is 18.4. The van der Waals surface area contributed by atoms with Gasteiger partial charge in [-0.3, -0.25) is 9.59 Å². The van der Waals surface area contributed by atoms with Gasteiger partial charge in [0.25, 0.3) is 0 Å². The number of aromatic nitrogens is 2. The molecule has 25 heavy (non-hydrogen) atoms. The molecule has 6 nitrogen and oxygen atoms in total. The Hall–Kier alpha value is -2.12. The van der Waals surface area contributed by atoms with Crippen LogP contribution in [0.4, 0.5) is 0 Å². The number of rotatable bonds is 7. The van der Waals surface area contributed by atoms with Gasteiger partial charge in [-0.05, 0) is 37.6 Å². The molecule has 2 aromatic rings. The van der Waals surface area contributed by atoms with E-state index in [1.165, 1.54) is 16.7 Å².